The van der Waals surface area contributed by atoms with Crippen LogP contribution in [0.1, 0.15) is 40.0 Å². The van der Waals surface area contributed by atoms with E-state index in [0.29, 0.717) is 18.4 Å². The number of carboxylic acid groups (broad SMARTS) is 1. The smallest absolute Gasteiger partial charge is 0.307 e. The highest BCUT2D eigenvalue weighted by Crippen LogP contribution is 2.24. The van der Waals surface area contributed by atoms with E-state index >= 15 is 0 Å². The summed E-state index contributed by atoms with van der Waals surface area (Å²) in [4.78, 5) is 27.9. The molecule has 1 N–H and O–H groups in total. The van der Waals surface area contributed by atoms with Gasteiger partial charge < -0.3 is 10.0 Å². The third kappa shape index (κ3) is 4.59. The average Bonchev–Trinajstić information content (AvgIpc) is 2.44. The fourth-order valence-electron chi connectivity index (χ4n) is 3.82. The first-order valence-corrected chi connectivity index (χ1v) is 8.14. The molecule has 5 nitrogen and oxygen atoms in total. The summed E-state index contributed by atoms with van der Waals surface area (Å²) in [6.07, 6.45) is 2.77. The SMILES string of the molecule is CC1CC(C)CN(C(=O)C(C)N2CCCC(C(=O)O)C2)C1.Cl. The Kier molecular flexibility index (Phi) is 7.13. The zero-order valence-corrected chi connectivity index (χ0v) is 14.6. The predicted octanol–water partition coefficient (Wildman–Crippen LogP) is 2.10. The highest BCUT2D eigenvalue weighted by molar-refractivity contribution is 5.85. The molecule has 6 heteroatoms. The molecule has 0 aromatic rings. The average molecular weight is 333 g/mol. The van der Waals surface area contributed by atoms with Crippen LogP contribution in [0.3, 0.4) is 0 Å². The van der Waals surface area contributed by atoms with Gasteiger partial charge in [-0.05, 0) is 44.6 Å². The van der Waals surface area contributed by atoms with E-state index in [2.05, 4.69) is 18.7 Å². The van der Waals surface area contributed by atoms with E-state index < -0.39 is 5.97 Å². The van der Waals surface area contributed by atoms with E-state index in [1.54, 1.807) is 0 Å². The van der Waals surface area contributed by atoms with Crippen LogP contribution >= 0.6 is 12.4 Å². The van der Waals surface area contributed by atoms with Crippen molar-refractivity contribution in [3.63, 3.8) is 0 Å². The Bertz CT molecular complexity index is 395. The number of carboxylic acids is 1. The molecule has 2 fully saturated rings. The van der Waals surface area contributed by atoms with E-state index in [-0.39, 0.29) is 30.3 Å². The minimum Gasteiger partial charge on any atom is -0.481 e. The fourth-order valence-corrected chi connectivity index (χ4v) is 3.82. The van der Waals surface area contributed by atoms with Gasteiger partial charge >= 0.3 is 5.97 Å². The molecule has 0 radical (unpaired) electrons. The van der Waals surface area contributed by atoms with Gasteiger partial charge in [-0.25, -0.2) is 0 Å². The summed E-state index contributed by atoms with van der Waals surface area (Å²) in [6.45, 7) is 9.32. The molecule has 1 amide bonds. The van der Waals surface area contributed by atoms with Gasteiger partial charge in [0.25, 0.3) is 0 Å². The summed E-state index contributed by atoms with van der Waals surface area (Å²) in [7, 11) is 0. The molecule has 4 unspecified atom stereocenters. The maximum atomic E-state index is 12.7. The molecule has 2 rings (SSSR count). The quantitative estimate of drug-likeness (QED) is 0.859. The van der Waals surface area contributed by atoms with Crippen LogP contribution in [0.15, 0.2) is 0 Å². The Balaban J connectivity index is 0.00000242. The van der Waals surface area contributed by atoms with Crippen molar-refractivity contribution in [1.82, 2.24) is 9.80 Å². The van der Waals surface area contributed by atoms with E-state index in [1.165, 1.54) is 6.42 Å². The van der Waals surface area contributed by atoms with Gasteiger partial charge in [0.2, 0.25) is 5.91 Å². The predicted molar refractivity (Wildman–Crippen MR) is 88.2 cm³/mol. The molecule has 0 aromatic carbocycles. The third-order valence-corrected chi connectivity index (χ3v) is 4.89. The highest BCUT2D eigenvalue weighted by Gasteiger charge is 2.34. The number of rotatable bonds is 3. The second-order valence-corrected chi connectivity index (χ2v) is 7.04. The minimum atomic E-state index is -0.737. The minimum absolute atomic E-state index is 0. The molecule has 22 heavy (non-hydrogen) atoms. The normalized spacial score (nSPS) is 31.2. The van der Waals surface area contributed by atoms with Crippen molar-refractivity contribution in [3.05, 3.63) is 0 Å². The second-order valence-electron chi connectivity index (χ2n) is 7.04. The van der Waals surface area contributed by atoms with Crippen molar-refractivity contribution in [2.75, 3.05) is 26.2 Å². The molecule has 2 aliphatic heterocycles. The van der Waals surface area contributed by atoms with Crippen LogP contribution in [0.4, 0.5) is 0 Å². The monoisotopic (exact) mass is 332 g/mol. The van der Waals surface area contributed by atoms with E-state index in [9.17, 15) is 14.7 Å². The Labute approximate surface area is 139 Å². The number of carbonyl (C=O) groups is 2. The molecule has 2 heterocycles. The van der Waals surface area contributed by atoms with Crippen molar-refractivity contribution in [2.24, 2.45) is 17.8 Å². The Morgan fingerprint density at radius 3 is 2.27 bits per heavy atom. The van der Waals surface area contributed by atoms with Crippen LogP contribution in [-0.4, -0.2) is 59.0 Å². The van der Waals surface area contributed by atoms with Crippen LogP contribution in [0.25, 0.3) is 0 Å². The first-order chi connectivity index (χ1) is 9.88. The zero-order valence-electron chi connectivity index (χ0n) is 13.8. The third-order valence-electron chi connectivity index (χ3n) is 4.89. The number of amides is 1. The number of hydrogen-bond donors (Lipinski definition) is 1. The first-order valence-electron chi connectivity index (χ1n) is 8.14. The molecule has 0 saturated carbocycles. The van der Waals surface area contributed by atoms with Gasteiger partial charge in [-0.3, -0.25) is 14.5 Å². The Morgan fingerprint density at radius 1 is 1.14 bits per heavy atom. The van der Waals surface area contributed by atoms with Gasteiger partial charge in [-0.2, -0.15) is 0 Å². The molecule has 0 bridgehead atoms. The number of nitrogens with zero attached hydrogens (tertiary/aromatic N) is 2. The molecule has 0 aromatic heterocycles. The van der Waals surface area contributed by atoms with Gasteiger partial charge in [0, 0.05) is 19.6 Å². The number of likely N-dealkylation sites (tertiary alicyclic amines) is 2. The van der Waals surface area contributed by atoms with Gasteiger partial charge in [0.1, 0.15) is 0 Å². The lowest BCUT2D eigenvalue weighted by molar-refractivity contribution is -0.147. The summed E-state index contributed by atoms with van der Waals surface area (Å²) in [5, 5.41) is 9.17. The summed E-state index contributed by atoms with van der Waals surface area (Å²) < 4.78 is 0. The number of hydrogen-bond acceptors (Lipinski definition) is 3. The summed E-state index contributed by atoms with van der Waals surface area (Å²) in [5.41, 5.74) is 0. The van der Waals surface area contributed by atoms with Gasteiger partial charge in [0.15, 0.2) is 0 Å². The Hall–Kier alpha value is -0.810. The number of piperidine rings is 2. The van der Waals surface area contributed by atoms with Crippen LogP contribution < -0.4 is 0 Å². The van der Waals surface area contributed by atoms with Crippen molar-refractivity contribution in [3.8, 4) is 0 Å². The number of carbonyl (C=O) groups excluding carboxylic acids is 1. The summed E-state index contributed by atoms with van der Waals surface area (Å²) >= 11 is 0. The van der Waals surface area contributed by atoms with Crippen LogP contribution in [0.2, 0.25) is 0 Å². The lowest BCUT2D eigenvalue weighted by Crippen LogP contribution is -2.53. The lowest BCUT2D eigenvalue weighted by Gasteiger charge is -2.40. The van der Waals surface area contributed by atoms with E-state index in [4.69, 9.17) is 0 Å². The van der Waals surface area contributed by atoms with Crippen LogP contribution in [-0.2, 0) is 9.59 Å². The molecular formula is C16H29ClN2O3. The van der Waals surface area contributed by atoms with Crippen LogP contribution in [0.5, 0.6) is 0 Å². The number of aliphatic carboxylic acids is 1. The molecular weight excluding hydrogens is 304 g/mol. The van der Waals surface area contributed by atoms with E-state index in [1.807, 2.05) is 11.8 Å². The summed E-state index contributed by atoms with van der Waals surface area (Å²) in [5.74, 6) is 0.211. The van der Waals surface area contributed by atoms with Gasteiger partial charge in [-0.1, -0.05) is 13.8 Å². The maximum Gasteiger partial charge on any atom is 0.307 e. The molecule has 2 saturated heterocycles. The van der Waals surface area contributed by atoms with Gasteiger partial charge in [-0.15, -0.1) is 12.4 Å². The lowest BCUT2D eigenvalue weighted by atomic mass is 9.91. The van der Waals surface area contributed by atoms with Crippen molar-refractivity contribution in [1.29, 1.82) is 0 Å². The van der Waals surface area contributed by atoms with Crippen molar-refractivity contribution in [2.45, 2.75) is 46.1 Å². The molecule has 4 atom stereocenters. The molecule has 2 aliphatic rings. The van der Waals surface area contributed by atoms with Crippen LogP contribution in [0, 0.1) is 17.8 Å². The molecule has 128 valence electrons. The second kappa shape index (κ2) is 8.16. The number of halogens is 1. The zero-order chi connectivity index (χ0) is 15.6. The first kappa shape index (κ1) is 19.2. The maximum absolute atomic E-state index is 12.7. The molecule has 0 spiro atoms. The highest BCUT2D eigenvalue weighted by atomic mass is 35.5. The molecule has 0 aliphatic carbocycles. The standard InChI is InChI=1S/C16H28N2O3.ClH/c1-11-7-12(2)9-18(8-11)15(19)13(3)17-6-4-5-14(10-17)16(20)21;/h11-14H,4-10H2,1-3H3,(H,20,21);1H. The van der Waals surface area contributed by atoms with Gasteiger partial charge in [0.05, 0.1) is 12.0 Å². The largest absolute Gasteiger partial charge is 0.481 e. The van der Waals surface area contributed by atoms with E-state index in [0.717, 1.165) is 32.5 Å². The summed E-state index contributed by atoms with van der Waals surface area (Å²) in [6, 6.07) is -0.204. The van der Waals surface area contributed by atoms with Crippen molar-refractivity contribution < 1.29 is 14.7 Å². The topological polar surface area (TPSA) is 60.9 Å². The Morgan fingerprint density at radius 2 is 1.73 bits per heavy atom. The van der Waals surface area contributed by atoms with Crippen molar-refractivity contribution >= 4 is 24.3 Å². The fraction of sp³-hybridized carbons (Fsp3) is 0.875.